The van der Waals surface area contributed by atoms with Crippen LogP contribution in [0.4, 0.5) is 0 Å². The summed E-state index contributed by atoms with van der Waals surface area (Å²) in [6.07, 6.45) is 3.93. The van der Waals surface area contributed by atoms with E-state index in [-0.39, 0.29) is 0 Å². The average molecular weight is 166 g/mol. The van der Waals surface area contributed by atoms with Crippen LogP contribution >= 0.6 is 0 Å². The van der Waals surface area contributed by atoms with E-state index in [0.29, 0.717) is 0 Å². The van der Waals surface area contributed by atoms with E-state index in [1.807, 2.05) is 38.1 Å². The second-order valence-electron chi connectivity index (χ2n) is 2.68. The Morgan fingerprint density at radius 1 is 1.58 bits per heavy atom. The van der Waals surface area contributed by atoms with Gasteiger partial charge in [0.25, 0.3) is 0 Å². The molecule has 0 aliphatic rings. The molecule has 0 aromatic heterocycles. The molecule has 0 bridgehead atoms. The molecule has 0 aliphatic carbocycles. The van der Waals surface area contributed by atoms with Gasteiger partial charge in [-0.15, -0.1) is 0 Å². The Hall–Kier alpha value is -1.05. The summed E-state index contributed by atoms with van der Waals surface area (Å²) in [6.45, 7) is 10.8. The van der Waals surface area contributed by atoms with E-state index in [4.69, 9.17) is 0 Å². The highest BCUT2D eigenvalue weighted by Gasteiger charge is 1.94. The van der Waals surface area contributed by atoms with Crippen LogP contribution < -0.4 is 0 Å². The maximum Gasteiger partial charge on any atom is 0.0640 e. The van der Waals surface area contributed by atoms with E-state index in [9.17, 15) is 0 Å². The third-order valence-electron chi connectivity index (χ3n) is 1.61. The minimum Gasteiger partial charge on any atom is -0.300 e. The highest BCUT2D eigenvalue weighted by atomic mass is 15.4. The van der Waals surface area contributed by atoms with Crippen molar-refractivity contribution in [2.75, 3.05) is 13.6 Å². The number of allylic oxidation sites excluding steroid dienone is 3. The standard InChI is InChI=1S/C10H18N2/c1-6-8-9(3)10(4)11-12(5)7-2/h6,8H,3,7H2,1-2,4-5H3. The Bertz CT molecular complexity index is 202. The van der Waals surface area contributed by atoms with E-state index < -0.39 is 0 Å². The molecule has 68 valence electrons. The quantitative estimate of drug-likeness (QED) is 0.356. The molecule has 0 amide bonds. The normalized spacial score (nSPS) is 12.2. The second-order valence-corrected chi connectivity index (χ2v) is 2.68. The summed E-state index contributed by atoms with van der Waals surface area (Å²) in [7, 11) is 1.95. The molecule has 0 fully saturated rings. The molecule has 0 radical (unpaired) electrons. The van der Waals surface area contributed by atoms with Gasteiger partial charge in [-0.3, -0.25) is 0 Å². The summed E-state index contributed by atoms with van der Waals surface area (Å²) in [5.41, 5.74) is 1.94. The molecule has 2 heteroatoms. The number of nitrogens with zero attached hydrogens (tertiary/aromatic N) is 2. The predicted octanol–water partition coefficient (Wildman–Crippen LogP) is 2.45. The van der Waals surface area contributed by atoms with Gasteiger partial charge in [0, 0.05) is 13.6 Å². The summed E-state index contributed by atoms with van der Waals surface area (Å²) in [4.78, 5) is 0. The van der Waals surface area contributed by atoms with Crippen molar-refractivity contribution in [1.29, 1.82) is 0 Å². The lowest BCUT2D eigenvalue weighted by Gasteiger charge is -2.10. The minimum atomic E-state index is 0.917. The van der Waals surface area contributed by atoms with E-state index in [2.05, 4.69) is 18.6 Å². The van der Waals surface area contributed by atoms with Crippen molar-refractivity contribution in [3.05, 3.63) is 24.3 Å². The molecule has 0 saturated carbocycles. The summed E-state index contributed by atoms with van der Waals surface area (Å²) in [5.74, 6) is 0. The van der Waals surface area contributed by atoms with E-state index in [1.54, 1.807) is 0 Å². The first-order valence-corrected chi connectivity index (χ1v) is 4.20. The lowest BCUT2D eigenvalue weighted by Crippen LogP contribution is -2.12. The number of hydrogen-bond acceptors (Lipinski definition) is 2. The van der Waals surface area contributed by atoms with Gasteiger partial charge in [0.1, 0.15) is 0 Å². The lowest BCUT2D eigenvalue weighted by molar-refractivity contribution is 0.375. The van der Waals surface area contributed by atoms with Gasteiger partial charge in [-0.05, 0) is 26.3 Å². The van der Waals surface area contributed by atoms with Crippen LogP contribution in [0, 0.1) is 0 Å². The van der Waals surface area contributed by atoms with E-state index in [0.717, 1.165) is 17.8 Å². The van der Waals surface area contributed by atoms with Crippen LogP contribution in [0.1, 0.15) is 20.8 Å². The van der Waals surface area contributed by atoms with Crippen LogP contribution in [-0.4, -0.2) is 24.3 Å². The first-order valence-electron chi connectivity index (χ1n) is 4.20. The second kappa shape index (κ2) is 5.58. The molecule has 0 spiro atoms. The molecule has 0 unspecified atom stereocenters. The van der Waals surface area contributed by atoms with Crippen molar-refractivity contribution in [3.8, 4) is 0 Å². The van der Waals surface area contributed by atoms with Crippen molar-refractivity contribution < 1.29 is 0 Å². The molecule has 0 aromatic rings. The van der Waals surface area contributed by atoms with Crippen LogP contribution in [-0.2, 0) is 0 Å². The molecular weight excluding hydrogens is 148 g/mol. The van der Waals surface area contributed by atoms with Crippen molar-refractivity contribution in [2.24, 2.45) is 5.10 Å². The smallest absolute Gasteiger partial charge is 0.0640 e. The highest BCUT2D eigenvalue weighted by molar-refractivity contribution is 5.99. The minimum absolute atomic E-state index is 0.917. The van der Waals surface area contributed by atoms with Crippen molar-refractivity contribution in [1.82, 2.24) is 5.01 Å². The third kappa shape index (κ3) is 3.96. The molecule has 0 heterocycles. The zero-order valence-electron chi connectivity index (χ0n) is 8.46. The zero-order chi connectivity index (χ0) is 9.56. The SMILES string of the molecule is C=C(C=CC)C(C)=NN(C)CC. The Morgan fingerprint density at radius 2 is 2.17 bits per heavy atom. The largest absolute Gasteiger partial charge is 0.300 e. The van der Waals surface area contributed by atoms with Crippen molar-refractivity contribution in [2.45, 2.75) is 20.8 Å². The zero-order valence-corrected chi connectivity index (χ0v) is 8.46. The van der Waals surface area contributed by atoms with Crippen molar-refractivity contribution in [3.63, 3.8) is 0 Å². The Labute approximate surface area is 75.3 Å². The predicted molar refractivity (Wildman–Crippen MR) is 55.4 cm³/mol. The summed E-state index contributed by atoms with van der Waals surface area (Å²) >= 11 is 0. The summed E-state index contributed by atoms with van der Waals surface area (Å²) < 4.78 is 0. The fourth-order valence-electron chi connectivity index (χ4n) is 0.713. The molecule has 2 nitrogen and oxygen atoms in total. The van der Waals surface area contributed by atoms with Gasteiger partial charge >= 0.3 is 0 Å². The van der Waals surface area contributed by atoms with Gasteiger partial charge < -0.3 is 5.01 Å². The topological polar surface area (TPSA) is 15.6 Å². The Balaban J connectivity index is 4.26. The average Bonchev–Trinajstić information content (AvgIpc) is 2.04. The van der Waals surface area contributed by atoms with Gasteiger partial charge in [-0.2, -0.15) is 5.10 Å². The van der Waals surface area contributed by atoms with Crippen LogP contribution in [0.15, 0.2) is 29.4 Å². The van der Waals surface area contributed by atoms with Crippen LogP contribution in [0.25, 0.3) is 0 Å². The lowest BCUT2D eigenvalue weighted by atomic mass is 10.2. The van der Waals surface area contributed by atoms with E-state index in [1.165, 1.54) is 0 Å². The Kier molecular flexibility index (Phi) is 5.09. The number of hydrazone groups is 1. The van der Waals surface area contributed by atoms with Gasteiger partial charge in [0.15, 0.2) is 0 Å². The first kappa shape index (κ1) is 11.0. The van der Waals surface area contributed by atoms with Crippen LogP contribution in [0.2, 0.25) is 0 Å². The van der Waals surface area contributed by atoms with Gasteiger partial charge in [0.05, 0.1) is 5.71 Å². The maximum absolute atomic E-state index is 4.31. The molecule has 0 aliphatic heterocycles. The summed E-state index contributed by atoms with van der Waals surface area (Å²) in [6, 6.07) is 0. The number of hydrogen-bond donors (Lipinski definition) is 0. The Morgan fingerprint density at radius 3 is 2.58 bits per heavy atom. The fourth-order valence-corrected chi connectivity index (χ4v) is 0.713. The van der Waals surface area contributed by atoms with Crippen LogP contribution in [0.3, 0.4) is 0 Å². The summed E-state index contributed by atoms with van der Waals surface area (Å²) in [5, 5.41) is 6.21. The van der Waals surface area contributed by atoms with E-state index >= 15 is 0 Å². The molecular formula is C10H18N2. The third-order valence-corrected chi connectivity index (χ3v) is 1.61. The molecule has 0 saturated heterocycles. The maximum atomic E-state index is 4.31. The van der Waals surface area contributed by atoms with Gasteiger partial charge in [-0.1, -0.05) is 18.7 Å². The molecule has 0 atom stereocenters. The highest BCUT2D eigenvalue weighted by Crippen LogP contribution is 1.98. The molecule has 0 N–H and O–H groups in total. The van der Waals surface area contributed by atoms with Crippen molar-refractivity contribution >= 4 is 5.71 Å². The molecule has 0 rings (SSSR count). The fraction of sp³-hybridized carbons (Fsp3) is 0.500. The number of rotatable bonds is 4. The van der Waals surface area contributed by atoms with Gasteiger partial charge in [-0.25, -0.2) is 0 Å². The van der Waals surface area contributed by atoms with Gasteiger partial charge in [0.2, 0.25) is 0 Å². The van der Waals surface area contributed by atoms with Crippen LogP contribution in [0.5, 0.6) is 0 Å². The first-order chi connectivity index (χ1) is 5.61. The monoisotopic (exact) mass is 166 g/mol. The molecule has 0 aromatic carbocycles. The molecule has 12 heavy (non-hydrogen) atoms.